The van der Waals surface area contributed by atoms with Gasteiger partial charge in [0, 0.05) is 16.7 Å². The van der Waals surface area contributed by atoms with Crippen LogP contribution in [0.2, 0.25) is 0 Å². The summed E-state index contributed by atoms with van der Waals surface area (Å²) in [5.74, 6) is 0.137. The number of rotatable bonds is 2. The van der Waals surface area contributed by atoms with Crippen LogP contribution in [0.4, 0.5) is 0 Å². The van der Waals surface area contributed by atoms with E-state index < -0.39 is 0 Å². The Kier molecular flexibility index (Phi) is 2.52. The van der Waals surface area contributed by atoms with Crippen LogP contribution in [0.1, 0.15) is 23.1 Å². The Morgan fingerprint density at radius 2 is 2.13 bits per heavy atom. The summed E-state index contributed by atoms with van der Waals surface area (Å²) in [6.07, 6.45) is 1.94. The summed E-state index contributed by atoms with van der Waals surface area (Å²) >= 11 is 1.66. The molecule has 0 aliphatic rings. The molecular weight excluding hydrogens is 208 g/mol. The SMILES string of the molecule is CC(=O)Cc1ncnc2sc(C)c(C)c12. The van der Waals surface area contributed by atoms with Gasteiger partial charge in [-0.25, -0.2) is 9.97 Å². The average molecular weight is 220 g/mol. The molecule has 0 fully saturated rings. The Morgan fingerprint density at radius 1 is 1.40 bits per heavy atom. The molecule has 0 amide bonds. The number of fused-ring (bicyclic) bond motifs is 1. The summed E-state index contributed by atoms with van der Waals surface area (Å²) < 4.78 is 0. The van der Waals surface area contributed by atoms with E-state index >= 15 is 0 Å². The first-order chi connectivity index (χ1) is 7.09. The molecule has 0 saturated heterocycles. The summed E-state index contributed by atoms with van der Waals surface area (Å²) in [6.45, 7) is 5.71. The lowest BCUT2D eigenvalue weighted by molar-refractivity contribution is -0.116. The Balaban J connectivity index is 2.68. The van der Waals surface area contributed by atoms with Crippen LogP contribution in [0.3, 0.4) is 0 Å². The fourth-order valence-electron chi connectivity index (χ4n) is 1.63. The quantitative estimate of drug-likeness (QED) is 0.780. The van der Waals surface area contributed by atoms with E-state index in [0.717, 1.165) is 15.9 Å². The second kappa shape index (κ2) is 3.70. The summed E-state index contributed by atoms with van der Waals surface area (Å²) in [5.41, 5.74) is 2.06. The van der Waals surface area contributed by atoms with Crippen molar-refractivity contribution < 1.29 is 4.79 Å². The molecule has 4 heteroatoms. The number of hydrogen-bond donors (Lipinski definition) is 0. The molecule has 0 bridgehead atoms. The number of nitrogens with zero attached hydrogens (tertiary/aromatic N) is 2. The maximum atomic E-state index is 11.1. The van der Waals surface area contributed by atoms with Crippen molar-refractivity contribution in [1.82, 2.24) is 9.97 Å². The highest BCUT2D eigenvalue weighted by atomic mass is 32.1. The summed E-state index contributed by atoms with van der Waals surface area (Å²) in [5, 5.41) is 1.07. The number of carbonyl (C=O) groups is 1. The van der Waals surface area contributed by atoms with Crippen molar-refractivity contribution in [1.29, 1.82) is 0 Å². The number of aryl methyl sites for hydroxylation is 2. The van der Waals surface area contributed by atoms with E-state index in [0.29, 0.717) is 6.42 Å². The average Bonchev–Trinajstić information content (AvgIpc) is 2.43. The van der Waals surface area contributed by atoms with E-state index in [4.69, 9.17) is 0 Å². The molecule has 0 aromatic carbocycles. The number of thiophene rings is 1. The van der Waals surface area contributed by atoms with Crippen LogP contribution in [0, 0.1) is 13.8 Å². The molecule has 0 spiro atoms. The normalized spacial score (nSPS) is 10.9. The van der Waals surface area contributed by atoms with E-state index in [2.05, 4.69) is 23.8 Å². The molecule has 0 N–H and O–H groups in total. The Labute approximate surface area is 92.2 Å². The molecule has 2 aromatic heterocycles. The largest absolute Gasteiger partial charge is 0.300 e. The molecule has 2 aromatic rings. The minimum absolute atomic E-state index is 0.137. The van der Waals surface area contributed by atoms with Gasteiger partial charge in [-0.1, -0.05) is 0 Å². The monoisotopic (exact) mass is 220 g/mol. The van der Waals surface area contributed by atoms with Crippen LogP contribution in [-0.4, -0.2) is 15.8 Å². The lowest BCUT2D eigenvalue weighted by atomic mass is 10.1. The van der Waals surface area contributed by atoms with Crippen molar-refractivity contribution in [2.75, 3.05) is 0 Å². The second-order valence-electron chi connectivity index (χ2n) is 3.66. The van der Waals surface area contributed by atoms with Gasteiger partial charge in [0.25, 0.3) is 0 Å². The Bertz CT molecular complexity index is 531. The van der Waals surface area contributed by atoms with Crippen LogP contribution in [-0.2, 0) is 11.2 Å². The predicted octanol–water partition coefficient (Wildman–Crippen LogP) is 2.44. The maximum absolute atomic E-state index is 11.1. The molecule has 0 unspecified atom stereocenters. The van der Waals surface area contributed by atoms with Gasteiger partial charge >= 0.3 is 0 Å². The third kappa shape index (κ3) is 1.77. The lowest BCUT2D eigenvalue weighted by Gasteiger charge is -1.99. The van der Waals surface area contributed by atoms with Crippen molar-refractivity contribution in [3.05, 3.63) is 22.5 Å². The van der Waals surface area contributed by atoms with E-state index in [9.17, 15) is 4.79 Å². The van der Waals surface area contributed by atoms with Crippen molar-refractivity contribution in [2.24, 2.45) is 0 Å². The number of ketones is 1. The zero-order valence-electron chi connectivity index (χ0n) is 9.00. The molecule has 0 aliphatic heterocycles. The standard InChI is InChI=1S/C11H12N2OS/c1-6(14)4-9-10-7(2)8(3)15-11(10)13-5-12-9/h5H,4H2,1-3H3. The van der Waals surface area contributed by atoms with Crippen LogP contribution in [0.5, 0.6) is 0 Å². The summed E-state index contributed by atoms with van der Waals surface area (Å²) in [4.78, 5) is 21.8. The van der Waals surface area contributed by atoms with Crippen molar-refractivity contribution in [2.45, 2.75) is 27.2 Å². The predicted molar refractivity (Wildman–Crippen MR) is 61.3 cm³/mol. The fourth-order valence-corrected chi connectivity index (χ4v) is 2.64. The van der Waals surface area contributed by atoms with Gasteiger partial charge in [0.1, 0.15) is 16.9 Å². The van der Waals surface area contributed by atoms with Crippen molar-refractivity contribution >= 4 is 27.3 Å². The van der Waals surface area contributed by atoms with Gasteiger partial charge in [0.15, 0.2) is 0 Å². The third-order valence-corrected chi connectivity index (χ3v) is 3.58. The van der Waals surface area contributed by atoms with Gasteiger partial charge in [-0.15, -0.1) is 11.3 Å². The first-order valence-electron chi connectivity index (χ1n) is 4.78. The summed E-state index contributed by atoms with van der Waals surface area (Å²) in [7, 11) is 0. The van der Waals surface area contributed by atoms with Gasteiger partial charge < -0.3 is 0 Å². The van der Waals surface area contributed by atoms with Gasteiger partial charge in [0.2, 0.25) is 0 Å². The van der Waals surface area contributed by atoms with E-state index in [1.54, 1.807) is 18.3 Å². The molecule has 0 saturated carbocycles. The van der Waals surface area contributed by atoms with E-state index in [1.165, 1.54) is 16.8 Å². The number of aromatic nitrogens is 2. The van der Waals surface area contributed by atoms with Crippen LogP contribution >= 0.6 is 11.3 Å². The zero-order valence-corrected chi connectivity index (χ0v) is 9.81. The van der Waals surface area contributed by atoms with E-state index in [-0.39, 0.29) is 5.78 Å². The highest BCUT2D eigenvalue weighted by Gasteiger charge is 2.12. The third-order valence-electron chi connectivity index (χ3n) is 2.46. The Morgan fingerprint density at radius 3 is 2.80 bits per heavy atom. The van der Waals surface area contributed by atoms with Gasteiger partial charge in [-0.05, 0) is 26.3 Å². The molecule has 3 nitrogen and oxygen atoms in total. The number of hydrogen-bond acceptors (Lipinski definition) is 4. The number of Topliss-reactive ketones (excluding diaryl/α,β-unsaturated/α-hetero) is 1. The first-order valence-corrected chi connectivity index (χ1v) is 5.60. The molecule has 15 heavy (non-hydrogen) atoms. The minimum atomic E-state index is 0.137. The number of carbonyl (C=O) groups excluding carboxylic acids is 1. The Hall–Kier alpha value is -1.29. The molecule has 0 atom stereocenters. The van der Waals surface area contributed by atoms with Crippen LogP contribution < -0.4 is 0 Å². The minimum Gasteiger partial charge on any atom is -0.300 e. The first kappa shape index (κ1) is 10.2. The molecule has 2 rings (SSSR count). The zero-order chi connectivity index (χ0) is 11.0. The molecule has 78 valence electrons. The molecule has 0 radical (unpaired) electrons. The van der Waals surface area contributed by atoms with E-state index in [1.807, 2.05) is 0 Å². The summed E-state index contributed by atoms with van der Waals surface area (Å²) in [6, 6.07) is 0. The van der Waals surface area contributed by atoms with Crippen molar-refractivity contribution in [3.8, 4) is 0 Å². The topological polar surface area (TPSA) is 42.9 Å². The smallest absolute Gasteiger partial charge is 0.135 e. The fraction of sp³-hybridized carbons (Fsp3) is 0.364. The highest BCUT2D eigenvalue weighted by Crippen LogP contribution is 2.30. The van der Waals surface area contributed by atoms with Crippen molar-refractivity contribution in [3.63, 3.8) is 0 Å². The highest BCUT2D eigenvalue weighted by molar-refractivity contribution is 7.18. The van der Waals surface area contributed by atoms with Crippen LogP contribution in [0.25, 0.3) is 10.2 Å². The van der Waals surface area contributed by atoms with Gasteiger partial charge in [-0.3, -0.25) is 4.79 Å². The van der Waals surface area contributed by atoms with Gasteiger partial charge in [0.05, 0.1) is 5.69 Å². The molecule has 0 aliphatic carbocycles. The van der Waals surface area contributed by atoms with Crippen LogP contribution in [0.15, 0.2) is 6.33 Å². The second-order valence-corrected chi connectivity index (χ2v) is 4.87. The lowest BCUT2D eigenvalue weighted by Crippen LogP contribution is -2.00. The maximum Gasteiger partial charge on any atom is 0.135 e. The molecular formula is C11H12N2OS. The van der Waals surface area contributed by atoms with Gasteiger partial charge in [-0.2, -0.15) is 0 Å². The molecule has 2 heterocycles.